The lowest BCUT2D eigenvalue weighted by Crippen LogP contribution is -2.17. The summed E-state index contributed by atoms with van der Waals surface area (Å²) in [6.07, 6.45) is -3.05. The highest BCUT2D eigenvalue weighted by Gasteiger charge is 2.31. The number of carbonyl (C=O) groups is 1. The van der Waals surface area contributed by atoms with E-state index in [1.807, 2.05) is 6.07 Å². The first-order chi connectivity index (χ1) is 13.8. The van der Waals surface area contributed by atoms with Crippen LogP contribution < -0.4 is 14.8 Å². The van der Waals surface area contributed by atoms with Gasteiger partial charge >= 0.3 is 6.18 Å². The molecule has 0 fully saturated rings. The molecule has 1 heterocycles. The second-order valence-corrected chi connectivity index (χ2v) is 6.06. The number of carbonyl (C=O) groups excluding carboxylic acids is 1. The highest BCUT2D eigenvalue weighted by atomic mass is 19.4. The summed E-state index contributed by atoms with van der Waals surface area (Å²) in [6, 6.07) is 11.1. The third-order valence-corrected chi connectivity index (χ3v) is 4.21. The third-order valence-electron chi connectivity index (χ3n) is 4.21. The van der Waals surface area contributed by atoms with Crippen molar-refractivity contribution < 1.29 is 27.4 Å². The Balaban J connectivity index is 1.82. The molecular weight excluding hydrogens is 387 g/mol. The molecule has 29 heavy (non-hydrogen) atoms. The van der Waals surface area contributed by atoms with Crippen molar-refractivity contribution in [3.8, 4) is 11.5 Å². The number of hydrogen-bond donors (Lipinski definition) is 1. The number of nitrogens with one attached hydrogen (secondary N) is 1. The first kappa shape index (κ1) is 20.2. The monoisotopic (exact) mass is 405 g/mol. The van der Waals surface area contributed by atoms with E-state index < -0.39 is 17.6 Å². The van der Waals surface area contributed by atoms with Gasteiger partial charge in [-0.2, -0.15) is 18.3 Å². The Hall–Kier alpha value is -3.49. The molecule has 1 N–H and O–H groups in total. The van der Waals surface area contributed by atoms with Crippen LogP contribution in [0.25, 0.3) is 0 Å². The van der Waals surface area contributed by atoms with Gasteiger partial charge in [0.25, 0.3) is 5.91 Å². The van der Waals surface area contributed by atoms with Crippen LogP contribution in [0.5, 0.6) is 11.5 Å². The van der Waals surface area contributed by atoms with Crippen molar-refractivity contribution >= 4 is 11.7 Å². The number of aromatic nitrogens is 2. The maximum Gasteiger partial charge on any atom is 0.416 e. The number of anilines is 1. The van der Waals surface area contributed by atoms with Crippen LogP contribution in [0.1, 0.15) is 21.5 Å². The van der Waals surface area contributed by atoms with Crippen LogP contribution in [0.4, 0.5) is 19.0 Å². The fraction of sp³-hybridized carbons (Fsp3) is 0.200. The Kier molecular flexibility index (Phi) is 5.76. The standard InChI is InChI=1S/C20H18F3N3O3/c1-28-16-8-4-6-14(18(16)29-2)12-26-17(9-10-24-26)25-19(27)13-5-3-7-15(11-13)20(21,22)23/h3-11H,12H2,1-2H3,(H,25,27). The predicted octanol–water partition coefficient (Wildman–Crippen LogP) is 4.22. The number of benzene rings is 2. The van der Waals surface area contributed by atoms with E-state index in [1.54, 1.807) is 18.2 Å². The number of para-hydroxylation sites is 1. The zero-order chi connectivity index (χ0) is 21.0. The van der Waals surface area contributed by atoms with Crippen molar-refractivity contribution in [2.75, 3.05) is 19.5 Å². The predicted molar refractivity (Wildman–Crippen MR) is 100 cm³/mol. The van der Waals surface area contributed by atoms with Gasteiger partial charge in [0.15, 0.2) is 11.5 Å². The Morgan fingerprint density at radius 1 is 1.10 bits per heavy atom. The fourth-order valence-electron chi connectivity index (χ4n) is 2.83. The molecule has 6 nitrogen and oxygen atoms in total. The highest BCUT2D eigenvalue weighted by molar-refractivity contribution is 6.03. The number of ether oxygens (including phenoxy) is 2. The molecule has 0 unspecified atom stereocenters. The van der Waals surface area contributed by atoms with Crippen molar-refractivity contribution in [2.45, 2.75) is 12.7 Å². The second kappa shape index (κ2) is 8.26. The molecule has 0 spiro atoms. The molecule has 0 aliphatic heterocycles. The van der Waals surface area contributed by atoms with E-state index in [9.17, 15) is 18.0 Å². The van der Waals surface area contributed by atoms with Gasteiger partial charge in [-0.3, -0.25) is 4.79 Å². The summed E-state index contributed by atoms with van der Waals surface area (Å²) in [5.74, 6) is 0.736. The van der Waals surface area contributed by atoms with Gasteiger partial charge in [-0.05, 0) is 24.3 Å². The minimum absolute atomic E-state index is 0.105. The summed E-state index contributed by atoms with van der Waals surface area (Å²) in [5, 5.41) is 6.77. The number of halogens is 3. The summed E-state index contributed by atoms with van der Waals surface area (Å²) in [7, 11) is 3.04. The molecular formula is C20H18F3N3O3. The van der Waals surface area contributed by atoms with Crippen LogP contribution in [0.3, 0.4) is 0 Å². The quantitative estimate of drug-likeness (QED) is 0.667. The number of hydrogen-bond acceptors (Lipinski definition) is 4. The van der Waals surface area contributed by atoms with Crippen molar-refractivity contribution in [3.63, 3.8) is 0 Å². The largest absolute Gasteiger partial charge is 0.493 e. The maximum absolute atomic E-state index is 12.9. The van der Waals surface area contributed by atoms with Crippen LogP contribution in [-0.2, 0) is 12.7 Å². The highest BCUT2D eigenvalue weighted by Crippen LogP contribution is 2.32. The van der Waals surface area contributed by atoms with Gasteiger partial charge < -0.3 is 14.8 Å². The molecule has 2 aromatic carbocycles. The van der Waals surface area contributed by atoms with Crippen molar-refractivity contribution in [1.82, 2.24) is 9.78 Å². The lowest BCUT2D eigenvalue weighted by Gasteiger charge is -2.14. The van der Waals surface area contributed by atoms with Gasteiger partial charge in [0.05, 0.1) is 32.5 Å². The van der Waals surface area contributed by atoms with E-state index in [1.165, 1.54) is 37.2 Å². The molecule has 0 saturated heterocycles. The Bertz CT molecular complexity index is 1020. The van der Waals surface area contributed by atoms with Crippen LogP contribution in [-0.4, -0.2) is 29.9 Å². The van der Waals surface area contributed by atoms with Gasteiger partial charge in [0, 0.05) is 17.2 Å². The molecule has 0 aliphatic rings. The molecule has 0 saturated carbocycles. The molecule has 152 valence electrons. The van der Waals surface area contributed by atoms with Crippen LogP contribution in [0.2, 0.25) is 0 Å². The lowest BCUT2D eigenvalue weighted by molar-refractivity contribution is -0.137. The van der Waals surface area contributed by atoms with Crippen molar-refractivity contribution in [3.05, 3.63) is 71.4 Å². The van der Waals surface area contributed by atoms with E-state index in [0.717, 1.165) is 17.7 Å². The topological polar surface area (TPSA) is 65.4 Å². The van der Waals surface area contributed by atoms with Crippen molar-refractivity contribution in [1.29, 1.82) is 0 Å². The average Bonchev–Trinajstić information content (AvgIpc) is 3.13. The second-order valence-electron chi connectivity index (χ2n) is 6.06. The van der Waals surface area contributed by atoms with Crippen LogP contribution in [0.15, 0.2) is 54.7 Å². The molecule has 0 aliphatic carbocycles. The smallest absolute Gasteiger partial charge is 0.416 e. The molecule has 0 radical (unpaired) electrons. The van der Waals surface area contributed by atoms with E-state index in [-0.39, 0.29) is 12.1 Å². The Morgan fingerprint density at radius 3 is 2.55 bits per heavy atom. The van der Waals surface area contributed by atoms with E-state index >= 15 is 0 Å². The minimum Gasteiger partial charge on any atom is -0.493 e. The molecule has 1 amide bonds. The number of nitrogens with zero attached hydrogens (tertiary/aromatic N) is 2. The maximum atomic E-state index is 12.9. The van der Waals surface area contributed by atoms with Crippen molar-refractivity contribution in [2.24, 2.45) is 0 Å². The molecule has 1 aromatic heterocycles. The van der Waals surface area contributed by atoms with E-state index in [2.05, 4.69) is 10.4 Å². The molecule has 0 atom stereocenters. The van der Waals surface area contributed by atoms with Crippen LogP contribution in [0, 0.1) is 0 Å². The van der Waals surface area contributed by atoms with Gasteiger partial charge in [0.2, 0.25) is 0 Å². The average molecular weight is 405 g/mol. The Morgan fingerprint density at radius 2 is 1.86 bits per heavy atom. The molecule has 3 aromatic rings. The minimum atomic E-state index is -4.53. The lowest BCUT2D eigenvalue weighted by atomic mass is 10.1. The SMILES string of the molecule is COc1cccc(Cn2nccc2NC(=O)c2cccc(C(F)(F)F)c2)c1OC. The van der Waals surface area contributed by atoms with E-state index in [0.29, 0.717) is 17.3 Å². The van der Waals surface area contributed by atoms with Gasteiger partial charge in [0.1, 0.15) is 5.82 Å². The molecule has 0 bridgehead atoms. The Labute approximate surface area is 164 Å². The number of alkyl halides is 3. The van der Waals surface area contributed by atoms with Gasteiger partial charge in [-0.25, -0.2) is 4.68 Å². The number of rotatable bonds is 6. The molecule has 3 rings (SSSR count). The van der Waals surface area contributed by atoms with Gasteiger partial charge in [-0.15, -0.1) is 0 Å². The summed E-state index contributed by atoms with van der Waals surface area (Å²) >= 11 is 0. The number of amides is 1. The summed E-state index contributed by atoms with van der Waals surface area (Å²) in [4.78, 5) is 12.5. The summed E-state index contributed by atoms with van der Waals surface area (Å²) in [6.45, 7) is 0.256. The first-order valence-electron chi connectivity index (χ1n) is 8.53. The van der Waals surface area contributed by atoms with E-state index in [4.69, 9.17) is 9.47 Å². The van der Waals surface area contributed by atoms with Crippen LogP contribution >= 0.6 is 0 Å². The van der Waals surface area contributed by atoms with Gasteiger partial charge in [-0.1, -0.05) is 18.2 Å². The number of methoxy groups -OCH3 is 2. The fourth-order valence-corrected chi connectivity index (χ4v) is 2.83. The third kappa shape index (κ3) is 4.50. The normalized spacial score (nSPS) is 11.2. The zero-order valence-corrected chi connectivity index (χ0v) is 15.7. The first-order valence-corrected chi connectivity index (χ1v) is 8.53. The summed E-state index contributed by atoms with van der Waals surface area (Å²) in [5.41, 5.74) is -0.239. The zero-order valence-electron chi connectivity index (χ0n) is 15.7. The molecule has 9 heteroatoms. The summed E-state index contributed by atoms with van der Waals surface area (Å²) < 4.78 is 50.8.